The highest BCUT2D eigenvalue weighted by molar-refractivity contribution is 6.30. The standard InChI is InChI=1S/C11H14ClFN2O2/c1-11(2)16-6-8(17-11)5-15-10-9(13)3-7(12)4-14-10/h3-4,8H,5-6H2,1-2H3,(H,14,15). The van der Waals surface area contributed by atoms with Gasteiger partial charge in [-0.1, -0.05) is 11.6 Å². The molecule has 17 heavy (non-hydrogen) atoms. The van der Waals surface area contributed by atoms with Crippen LogP contribution in [0, 0.1) is 5.82 Å². The zero-order chi connectivity index (χ0) is 12.5. The summed E-state index contributed by atoms with van der Waals surface area (Å²) in [6.07, 6.45) is 1.28. The molecule has 1 saturated heterocycles. The molecule has 4 nitrogen and oxygen atoms in total. The van der Waals surface area contributed by atoms with Gasteiger partial charge in [-0.2, -0.15) is 0 Å². The number of halogens is 2. The molecule has 0 aromatic carbocycles. The molecule has 1 aliphatic heterocycles. The molecule has 1 aromatic heterocycles. The Morgan fingerprint density at radius 2 is 2.41 bits per heavy atom. The van der Waals surface area contributed by atoms with Crippen molar-refractivity contribution < 1.29 is 13.9 Å². The van der Waals surface area contributed by atoms with E-state index in [0.717, 1.165) is 0 Å². The molecule has 0 aliphatic carbocycles. The van der Waals surface area contributed by atoms with Gasteiger partial charge in [0.1, 0.15) is 6.10 Å². The van der Waals surface area contributed by atoms with Gasteiger partial charge in [0.15, 0.2) is 17.4 Å². The van der Waals surface area contributed by atoms with Crippen molar-refractivity contribution in [2.24, 2.45) is 0 Å². The predicted molar refractivity (Wildman–Crippen MR) is 62.6 cm³/mol. The van der Waals surface area contributed by atoms with Crippen molar-refractivity contribution in [1.29, 1.82) is 0 Å². The highest BCUT2D eigenvalue weighted by atomic mass is 35.5. The van der Waals surface area contributed by atoms with Crippen molar-refractivity contribution in [3.05, 3.63) is 23.1 Å². The molecule has 0 saturated carbocycles. The average Bonchev–Trinajstić information content (AvgIpc) is 2.57. The van der Waals surface area contributed by atoms with E-state index in [1.165, 1.54) is 12.3 Å². The van der Waals surface area contributed by atoms with E-state index in [9.17, 15) is 4.39 Å². The zero-order valence-corrected chi connectivity index (χ0v) is 10.4. The normalized spacial score (nSPS) is 22.7. The van der Waals surface area contributed by atoms with Crippen LogP contribution in [0.2, 0.25) is 5.02 Å². The van der Waals surface area contributed by atoms with Crippen molar-refractivity contribution in [2.45, 2.75) is 25.7 Å². The van der Waals surface area contributed by atoms with Crippen LogP contribution >= 0.6 is 11.6 Å². The monoisotopic (exact) mass is 260 g/mol. The van der Waals surface area contributed by atoms with Gasteiger partial charge in [0.2, 0.25) is 0 Å². The predicted octanol–water partition coefficient (Wildman–Crippen LogP) is 2.44. The summed E-state index contributed by atoms with van der Waals surface area (Å²) in [5.74, 6) is -0.878. The largest absolute Gasteiger partial charge is 0.365 e. The van der Waals surface area contributed by atoms with Crippen molar-refractivity contribution >= 4 is 17.4 Å². The van der Waals surface area contributed by atoms with E-state index < -0.39 is 11.6 Å². The number of nitrogens with one attached hydrogen (secondary N) is 1. The van der Waals surface area contributed by atoms with Crippen LogP contribution in [0.1, 0.15) is 13.8 Å². The highest BCUT2D eigenvalue weighted by Gasteiger charge is 2.32. The van der Waals surface area contributed by atoms with Gasteiger partial charge in [-0.25, -0.2) is 9.37 Å². The molecule has 0 amide bonds. The molecule has 1 fully saturated rings. The van der Waals surface area contributed by atoms with Crippen LogP contribution in [0.3, 0.4) is 0 Å². The number of ether oxygens (including phenoxy) is 2. The van der Waals surface area contributed by atoms with E-state index in [0.29, 0.717) is 13.2 Å². The molecule has 1 unspecified atom stereocenters. The van der Waals surface area contributed by atoms with Crippen LogP contribution < -0.4 is 5.32 Å². The Balaban J connectivity index is 1.90. The average molecular weight is 261 g/mol. The first-order chi connectivity index (χ1) is 7.96. The van der Waals surface area contributed by atoms with E-state index in [-0.39, 0.29) is 16.9 Å². The lowest BCUT2D eigenvalue weighted by molar-refractivity contribution is -0.136. The maximum absolute atomic E-state index is 13.4. The van der Waals surface area contributed by atoms with Crippen molar-refractivity contribution in [1.82, 2.24) is 4.98 Å². The Bertz CT molecular complexity index is 414. The Morgan fingerprint density at radius 1 is 1.65 bits per heavy atom. The van der Waals surface area contributed by atoms with Crippen LogP contribution in [0.4, 0.5) is 10.2 Å². The number of rotatable bonds is 3. The van der Waals surface area contributed by atoms with Crippen molar-refractivity contribution in [2.75, 3.05) is 18.5 Å². The summed E-state index contributed by atoms with van der Waals surface area (Å²) >= 11 is 5.61. The fraction of sp³-hybridized carbons (Fsp3) is 0.545. The topological polar surface area (TPSA) is 43.4 Å². The van der Waals surface area contributed by atoms with Crippen LogP contribution in [-0.4, -0.2) is 30.0 Å². The number of aromatic nitrogens is 1. The third kappa shape index (κ3) is 3.28. The maximum Gasteiger partial charge on any atom is 0.166 e. The molecule has 1 N–H and O–H groups in total. The highest BCUT2D eigenvalue weighted by Crippen LogP contribution is 2.23. The van der Waals surface area contributed by atoms with Gasteiger partial charge < -0.3 is 14.8 Å². The van der Waals surface area contributed by atoms with E-state index >= 15 is 0 Å². The molecule has 6 heteroatoms. The van der Waals surface area contributed by atoms with Gasteiger partial charge in [0, 0.05) is 12.7 Å². The SMILES string of the molecule is CC1(C)OCC(CNc2ncc(Cl)cc2F)O1. The fourth-order valence-corrected chi connectivity index (χ4v) is 1.76. The molecular weight excluding hydrogens is 247 g/mol. The summed E-state index contributed by atoms with van der Waals surface area (Å²) in [7, 11) is 0. The van der Waals surface area contributed by atoms with Gasteiger partial charge in [-0.05, 0) is 19.9 Å². The summed E-state index contributed by atoms with van der Waals surface area (Å²) in [5, 5.41) is 3.14. The zero-order valence-electron chi connectivity index (χ0n) is 9.67. The minimum absolute atomic E-state index is 0.109. The molecule has 0 radical (unpaired) electrons. The number of hydrogen-bond acceptors (Lipinski definition) is 4. The van der Waals surface area contributed by atoms with Gasteiger partial charge in [0.25, 0.3) is 0 Å². The second kappa shape index (κ2) is 4.76. The van der Waals surface area contributed by atoms with Crippen LogP contribution in [0.5, 0.6) is 0 Å². The molecule has 94 valence electrons. The van der Waals surface area contributed by atoms with Crippen molar-refractivity contribution in [3.63, 3.8) is 0 Å². The van der Waals surface area contributed by atoms with Crippen LogP contribution in [-0.2, 0) is 9.47 Å². The van der Waals surface area contributed by atoms with Crippen molar-refractivity contribution in [3.8, 4) is 0 Å². The Labute approximate surface area is 104 Å². The summed E-state index contributed by atoms with van der Waals surface area (Å²) in [4.78, 5) is 3.86. The summed E-state index contributed by atoms with van der Waals surface area (Å²) in [6, 6.07) is 1.22. The number of nitrogens with zero attached hydrogens (tertiary/aromatic N) is 1. The number of anilines is 1. The van der Waals surface area contributed by atoms with E-state index in [2.05, 4.69) is 10.3 Å². The number of pyridine rings is 1. The third-order valence-corrected chi connectivity index (χ3v) is 2.58. The molecule has 2 rings (SSSR count). The first-order valence-corrected chi connectivity index (χ1v) is 5.71. The molecule has 1 aromatic rings. The molecule has 1 aliphatic rings. The van der Waals surface area contributed by atoms with E-state index in [1.54, 1.807) is 0 Å². The molecule has 1 atom stereocenters. The van der Waals surface area contributed by atoms with Gasteiger partial charge >= 0.3 is 0 Å². The quantitative estimate of drug-likeness (QED) is 0.907. The second-order valence-electron chi connectivity index (χ2n) is 4.32. The molecule has 0 spiro atoms. The maximum atomic E-state index is 13.4. The molecule has 2 heterocycles. The lowest BCUT2D eigenvalue weighted by Crippen LogP contribution is -2.26. The Kier molecular flexibility index (Phi) is 3.51. The summed E-state index contributed by atoms with van der Waals surface area (Å²) < 4.78 is 24.4. The minimum Gasteiger partial charge on any atom is -0.365 e. The van der Waals surface area contributed by atoms with E-state index in [1.807, 2.05) is 13.8 Å². The summed E-state index contributed by atoms with van der Waals surface area (Å²) in [6.45, 7) is 4.60. The lowest BCUT2D eigenvalue weighted by atomic mass is 10.3. The van der Waals surface area contributed by atoms with Crippen LogP contribution in [0.25, 0.3) is 0 Å². The van der Waals surface area contributed by atoms with Gasteiger partial charge in [0.05, 0.1) is 11.6 Å². The number of hydrogen-bond donors (Lipinski definition) is 1. The summed E-state index contributed by atoms with van der Waals surface area (Å²) in [5.41, 5.74) is 0. The lowest BCUT2D eigenvalue weighted by Gasteiger charge is -2.17. The second-order valence-corrected chi connectivity index (χ2v) is 4.75. The smallest absolute Gasteiger partial charge is 0.166 e. The third-order valence-electron chi connectivity index (χ3n) is 2.37. The first kappa shape index (κ1) is 12.5. The molecule has 0 bridgehead atoms. The minimum atomic E-state index is -0.571. The van der Waals surface area contributed by atoms with Gasteiger partial charge in [-0.3, -0.25) is 0 Å². The van der Waals surface area contributed by atoms with E-state index in [4.69, 9.17) is 21.1 Å². The Morgan fingerprint density at radius 3 is 3.00 bits per heavy atom. The van der Waals surface area contributed by atoms with Gasteiger partial charge in [-0.15, -0.1) is 0 Å². The fourth-order valence-electron chi connectivity index (χ4n) is 1.62. The Hall–Kier alpha value is -0.910. The first-order valence-electron chi connectivity index (χ1n) is 5.33. The molecular formula is C11H14ClFN2O2. The van der Waals surface area contributed by atoms with Crippen LogP contribution in [0.15, 0.2) is 12.3 Å².